The van der Waals surface area contributed by atoms with Gasteiger partial charge >= 0.3 is 6.18 Å². The molecule has 1 saturated carbocycles. The molecule has 0 bridgehead atoms. The van der Waals surface area contributed by atoms with E-state index in [2.05, 4.69) is 15.4 Å². The van der Waals surface area contributed by atoms with E-state index in [0.717, 1.165) is 30.1 Å². The van der Waals surface area contributed by atoms with Crippen LogP contribution in [0.15, 0.2) is 24.5 Å². The van der Waals surface area contributed by atoms with Crippen LogP contribution in [0.4, 0.5) is 13.2 Å². The van der Waals surface area contributed by atoms with Crippen LogP contribution in [-0.4, -0.2) is 20.8 Å². The lowest BCUT2D eigenvalue weighted by Crippen LogP contribution is -2.15. The molecule has 7 heteroatoms. The quantitative estimate of drug-likeness (QED) is 0.943. The number of pyridine rings is 1. The third kappa shape index (κ3) is 3.07. The summed E-state index contributed by atoms with van der Waals surface area (Å²) in [5.41, 5.74) is 1.16. The van der Waals surface area contributed by atoms with E-state index < -0.39 is 11.7 Å². The molecule has 4 nitrogen and oxygen atoms in total. The molecule has 0 amide bonds. The van der Waals surface area contributed by atoms with Crippen molar-refractivity contribution in [2.45, 2.75) is 38.5 Å². The third-order valence-electron chi connectivity index (χ3n) is 3.56. The van der Waals surface area contributed by atoms with Gasteiger partial charge in [0.2, 0.25) is 0 Å². The van der Waals surface area contributed by atoms with E-state index in [9.17, 15) is 13.2 Å². The fraction of sp³-hybridized carbons (Fsp3) is 0.429. The number of nitrogens with zero attached hydrogens (tertiary/aromatic N) is 3. The van der Waals surface area contributed by atoms with E-state index in [1.165, 1.54) is 18.9 Å². The van der Waals surface area contributed by atoms with Crippen molar-refractivity contribution in [1.29, 1.82) is 0 Å². The van der Waals surface area contributed by atoms with Crippen LogP contribution in [0.1, 0.15) is 29.7 Å². The van der Waals surface area contributed by atoms with Gasteiger partial charge < -0.3 is 5.32 Å². The van der Waals surface area contributed by atoms with Gasteiger partial charge in [-0.2, -0.15) is 18.3 Å². The molecule has 0 radical (unpaired) electrons. The maximum atomic E-state index is 12.5. The Labute approximate surface area is 120 Å². The zero-order valence-corrected chi connectivity index (χ0v) is 11.5. The molecule has 1 aliphatic carbocycles. The monoisotopic (exact) mass is 296 g/mol. The second kappa shape index (κ2) is 5.14. The van der Waals surface area contributed by atoms with Crippen LogP contribution in [0.5, 0.6) is 0 Å². The summed E-state index contributed by atoms with van der Waals surface area (Å²) >= 11 is 0. The first-order valence-electron chi connectivity index (χ1n) is 6.75. The van der Waals surface area contributed by atoms with E-state index in [-0.39, 0.29) is 0 Å². The van der Waals surface area contributed by atoms with E-state index in [1.54, 1.807) is 10.9 Å². The predicted octanol–water partition coefficient (Wildman–Crippen LogP) is 2.85. The number of rotatable bonds is 4. The largest absolute Gasteiger partial charge is 0.417 e. The minimum atomic E-state index is -4.37. The van der Waals surface area contributed by atoms with Crippen LogP contribution in [-0.2, 0) is 12.7 Å². The highest BCUT2D eigenvalue weighted by Crippen LogP contribution is 2.28. The summed E-state index contributed by atoms with van der Waals surface area (Å²) in [5.74, 6) is 0.387. The Balaban J connectivity index is 1.79. The van der Waals surface area contributed by atoms with Gasteiger partial charge in [-0.3, -0.25) is 0 Å². The van der Waals surface area contributed by atoms with Gasteiger partial charge in [0.05, 0.1) is 11.8 Å². The molecule has 1 aliphatic rings. The first-order valence-corrected chi connectivity index (χ1v) is 6.75. The summed E-state index contributed by atoms with van der Waals surface area (Å²) in [6.07, 6.45) is 0.591. The fourth-order valence-corrected chi connectivity index (χ4v) is 2.07. The molecule has 3 rings (SSSR count). The Kier molecular flexibility index (Phi) is 3.44. The number of nitrogens with one attached hydrogen (secondary N) is 1. The van der Waals surface area contributed by atoms with E-state index in [0.29, 0.717) is 11.9 Å². The zero-order valence-electron chi connectivity index (χ0n) is 11.5. The molecular weight excluding hydrogens is 281 g/mol. The van der Waals surface area contributed by atoms with Crippen molar-refractivity contribution in [3.05, 3.63) is 41.3 Å². The Hall–Kier alpha value is -1.89. The average Bonchev–Trinajstić information content (AvgIpc) is 3.19. The van der Waals surface area contributed by atoms with Crippen molar-refractivity contribution in [3.8, 4) is 5.82 Å². The highest BCUT2D eigenvalue weighted by molar-refractivity contribution is 5.30. The normalized spacial score (nSPS) is 15.4. The number of hydrogen-bond donors (Lipinski definition) is 1. The lowest BCUT2D eigenvalue weighted by atomic mass is 10.2. The summed E-state index contributed by atoms with van der Waals surface area (Å²) in [6, 6.07) is 2.95. The minimum absolute atomic E-state index is 0.387. The van der Waals surface area contributed by atoms with Gasteiger partial charge in [-0.25, -0.2) is 9.67 Å². The van der Waals surface area contributed by atoms with E-state index >= 15 is 0 Å². The molecule has 1 fully saturated rings. The van der Waals surface area contributed by atoms with Crippen molar-refractivity contribution in [1.82, 2.24) is 20.1 Å². The predicted molar refractivity (Wildman–Crippen MR) is 71.0 cm³/mol. The van der Waals surface area contributed by atoms with Crippen LogP contribution in [0.3, 0.4) is 0 Å². The Bertz CT molecular complexity index is 627. The van der Waals surface area contributed by atoms with Gasteiger partial charge in [0.1, 0.15) is 0 Å². The van der Waals surface area contributed by atoms with Crippen LogP contribution in [0, 0.1) is 6.92 Å². The van der Waals surface area contributed by atoms with Crippen molar-refractivity contribution in [2.75, 3.05) is 0 Å². The first-order chi connectivity index (χ1) is 9.95. The summed E-state index contributed by atoms with van der Waals surface area (Å²) < 4.78 is 39.1. The SMILES string of the molecule is Cc1c(CNC2CC2)cnn1-c1ccc(C(F)(F)F)cn1. The standard InChI is InChI=1S/C14H15F3N4/c1-9-10(6-18-12-3-4-12)7-20-21(9)13-5-2-11(8-19-13)14(15,16)17/h2,5,7-8,12,18H,3-4,6H2,1H3. The molecule has 0 atom stereocenters. The Morgan fingerprint density at radius 2 is 2.05 bits per heavy atom. The van der Waals surface area contributed by atoms with Gasteiger partial charge in [-0.15, -0.1) is 0 Å². The molecule has 2 aromatic heterocycles. The smallest absolute Gasteiger partial charge is 0.310 e. The Morgan fingerprint density at radius 3 is 2.62 bits per heavy atom. The maximum absolute atomic E-state index is 12.5. The molecule has 0 saturated heterocycles. The number of hydrogen-bond acceptors (Lipinski definition) is 3. The molecule has 2 aromatic rings. The van der Waals surface area contributed by atoms with Gasteiger partial charge in [-0.1, -0.05) is 0 Å². The maximum Gasteiger partial charge on any atom is 0.417 e. The van der Waals surface area contributed by atoms with Crippen molar-refractivity contribution >= 4 is 0 Å². The number of alkyl halides is 3. The van der Waals surface area contributed by atoms with Gasteiger partial charge in [0.25, 0.3) is 0 Å². The molecule has 21 heavy (non-hydrogen) atoms. The second-order valence-corrected chi connectivity index (χ2v) is 5.23. The van der Waals surface area contributed by atoms with Gasteiger partial charge in [-0.05, 0) is 31.9 Å². The molecule has 0 aliphatic heterocycles. The minimum Gasteiger partial charge on any atom is -0.310 e. The highest BCUT2D eigenvalue weighted by atomic mass is 19.4. The van der Waals surface area contributed by atoms with Crippen LogP contribution < -0.4 is 5.32 Å². The molecule has 2 heterocycles. The van der Waals surface area contributed by atoms with E-state index in [4.69, 9.17) is 0 Å². The summed E-state index contributed by atoms with van der Waals surface area (Å²) in [5, 5.41) is 7.59. The summed E-state index contributed by atoms with van der Waals surface area (Å²) in [7, 11) is 0. The molecule has 112 valence electrons. The fourth-order valence-electron chi connectivity index (χ4n) is 2.07. The van der Waals surface area contributed by atoms with Crippen molar-refractivity contribution in [3.63, 3.8) is 0 Å². The first kappa shape index (κ1) is 14.1. The van der Waals surface area contributed by atoms with Crippen LogP contribution in [0.2, 0.25) is 0 Å². The summed E-state index contributed by atoms with van der Waals surface area (Å²) in [6.45, 7) is 2.60. The van der Waals surface area contributed by atoms with E-state index in [1.807, 2.05) is 6.92 Å². The van der Waals surface area contributed by atoms with Crippen molar-refractivity contribution < 1.29 is 13.2 Å². The molecular formula is C14H15F3N4. The second-order valence-electron chi connectivity index (χ2n) is 5.23. The Morgan fingerprint density at radius 1 is 1.29 bits per heavy atom. The highest BCUT2D eigenvalue weighted by Gasteiger charge is 2.30. The number of aromatic nitrogens is 3. The number of halogens is 3. The third-order valence-corrected chi connectivity index (χ3v) is 3.56. The van der Waals surface area contributed by atoms with Crippen LogP contribution in [0.25, 0.3) is 5.82 Å². The molecule has 0 unspecified atom stereocenters. The molecule has 0 spiro atoms. The van der Waals surface area contributed by atoms with Gasteiger partial charge in [0, 0.05) is 30.0 Å². The molecule has 1 N–H and O–H groups in total. The zero-order chi connectivity index (χ0) is 15.0. The lowest BCUT2D eigenvalue weighted by molar-refractivity contribution is -0.137. The van der Waals surface area contributed by atoms with Crippen LogP contribution >= 0.6 is 0 Å². The summed E-state index contributed by atoms with van der Waals surface area (Å²) in [4.78, 5) is 3.86. The molecule has 0 aromatic carbocycles. The average molecular weight is 296 g/mol. The lowest BCUT2D eigenvalue weighted by Gasteiger charge is -2.08. The van der Waals surface area contributed by atoms with Gasteiger partial charge in [0.15, 0.2) is 5.82 Å². The topological polar surface area (TPSA) is 42.7 Å². The van der Waals surface area contributed by atoms with Crippen molar-refractivity contribution in [2.24, 2.45) is 0 Å².